The standard InChI is InChI=1S/C24H22ClN3O4S/c1-31-21-10-17(6-7-20(21)32-14-27-9-8-18(29)12-27)28-13-26-19-11-22(33-23(19)24(28)30)15-2-4-16(25)5-3-15/h2-7,10-11,13,18,29H,8-9,12,14H2,1H3. The molecule has 3 heterocycles. The van der Waals surface area contributed by atoms with Gasteiger partial charge in [-0.2, -0.15) is 0 Å². The monoisotopic (exact) mass is 483 g/mol. The Morgan fingerprint density at radius 2 is 2.00 bits per heavy atom. The lowest BCUT2D eigenvalue weighted by molar-refractivity contribution is 0.121. The Morgan fingerprint density at radius 1 is 1.18 bits per heavy atom. The third-order valence-electron chi connectivity index (χ3n) is 5.64. The fraction of sp³-hybridized carbons (Fsp3) is 0.250. The molecule has 7 nitrogen and oxygen atoms in total. The van der Waals surface area contributed by atoms with Crippen LogP contribution in [0.2, 0.25) is 5.02 Å². The van der Waals surface area contributed by atoms with Gasteiger partial charge >= 0.3 is 0 Å². The molecule has 0 radical (unpaired) electrons. The zero-order chi connectivity index (χ0) is 22.9. The second kappa shape index (κ2) is 9.15. The number of rotatable bonds is 6. The second-order valence-corrected chi connectivity index (χ2v) is 9.37. The molecule has 4 aromatic rings. The highest BCUT2D eigenvalue weighted by atomic mass is 35.5. The molecule has 1 atom stereocenters. The average molecular weight is 484 g/mol. The fourth-order valence-corrected chi connectivity index (χ4v) is 5.04. The number of methoxy groups -OCH3 is 1. The highest BCUT2D eigenvalue weighted by Gasteiger charge is 2.21. The molecule has 2 aromatic carbocycles. The number of nitrogens with zero attached hydrogens (tertiary/aromatic N) is 3. The van der Waals surface area contributed by atoms with Crippen molar-refractivity contribution in [1.29, 1.82) is 0 Å². The van der Waals surface area contributed by atoms with Gasteiger partial charge in [0.25, 0.3) is 5.56 Å². The molecule has 9 heteroatoms. The third kappa shape index (κ3) is 4.47. The molecule has 1 aliphatic heterocycles. The number of aliphatic hydroxyl groups is 1. The summed E-state index contributed by atoms with van der Waals surface area (Å²) in [6.07, 6.45) is 1.98. The van der Waals surface area contributed by atoms with Crippen LogP contribution in [0.3, 0.4) is 0 Å². The molecule has 33 heavy (non-hydrogen) atoms. The van der Waals surface area contributed by atoms with Gasteiger partial charge in [-0.25, -0.2) is 4.98 Å². The predicted octanol–water partition coefficient (Wildman–Crippen LogP) is 4.18. The SMILES string of the molecule is COc1cc(-n2cnc3cc(-c4ccc(Cl)cc4)sc3c2=O)ccc1OCN1CCC(O)C1. The molecule has 0 spiro atoms. The molecular formula is C24H22ClN3O4S. The summed E-state index contributed by atoms with van der Waals surface area (Å²) in [6.45, 7) is 1.75. The van der Waals surface area contributed by atoms with Crippen LogP contribution in [-0.2, 0) is 0 Å². The molecule has 2 aromatic heterocycles. The number of aromatic nitrogens is 2. The Morgan fingerprint density at radius 3 is 2.73 bits per heavy atom. The first-order valence-electron chi connectivity index (χ1n) is 10.5. The maximum absolute atomic E-state index is 13.3. The Hall–Kier alpha value is -2.91. The normalized spacial score (nSPS) is 16.4. The van der Waals surface area contributed by atoms with Gasteiger partial charge in [-0.15, -0.1) is 11.3 Å². The largest absolute Gasteiger partial charge is 0.493 e. The lowest BCUT2D eigenvalue weighted by Crippen LogP contribution is -2.26. The number of aliphatic hydroxyl groups excluding tert-OH is 1. The first-order valence-corrected chi connectivity index (χ1v) is 11.7. The van der Waals surface area contributed by atoms with Crippen molar-refractivity contribution in [2.45, 2.75) is 12.5 Å². The van der Waals surface area contributed by atoms with Crippen LogP contribution >= 0.6 is 22.9 Å². The summed E-state index contributed by atoms with van der Waals surface area (Å²) in [5.74, 6) is 1.10. The molecule has 1 saturated heterocycles. The van der Waals surface area contributed by atoms with E-state index in [2.05, 4.69) is 4.98 Å². The quantitative estimate of drug-likeness (QED) is 0.443. The topological polar surface area (TPSA) is 76.8 Å². The molecule has 0 saturated carbocycles. The molecule has 0 amide bonds. The van der Waals surface area contributed by atoms with E-state index in [1.807, 2.05) is 35.2 Å². The van der Waals surface area contributed by atoms with Gasteiger partial charge in [-0.1, -0.05) is 23.7 Å². The van der Waals surface area contributed by atoms with Crippen LogP contribution in [0.5, 0.6) is 11.5 Å². The molecule has 1 N–H and O–H groups in total. The summed E-state index contributed by atoms with van der Waals surface area (Å²) >= 11 is 7.40. The number of thiophene rings is 1. The van der Waals surface area contributed by atoms with E-state index in [0.29, 0.717) is 45.7 Å². The maximum Gasteiger partial charge on any atom is 0.275 e. The zero-order valence-corrected chi connectivity index (χ0v) is 19.5. The minimum absolute atomic E-state index is 0.146. The lowest BCUT2D eigenvalue weighted by Gasteiger charge is -2.18. The minimum atomic E-state index is -0.301. The van der Waals surface area contributed by atoms with E-state index in [9.17, 15) is 9.90 Å². The summed E-state index contributed by atoms with van der Waals surface area (Å²) < 4.78 is 13.5. The van der Waals surface area contributed by atoms with Crippen LogP contribution in [0, 0.1) is 0 Å². The molecular weight excluding hydrogens is 462 g/mol. The first kappa shape index (κ1) is 21.9. The summed E-state index contributed by atoms with van der Waals surface area (Å²) in [5, 5.41) is 10.3. The number of β-amino-alcohol motifs (C(OH)–C–C–N with tert-alkyl or cyclic N) is 1. The molecule has 0 bridgehead atoms. The number of hydrogen-bond acceptors (Lipinski definition) is 7. The fourth-order valence-electron chi connectivity index (χ4n) is 3.87. The number of benzene rings is 2. The van der Waals surface area contributed by atoms with Crippen LogP contribution < -0.4 is 15.0 Å². The van der Waals surface area contributed by atoms with Crippen molar-refractivity contribution in [2.24, 2.45) is 0 Å². The number of fused-ring (bicyclic) bond motifs is 1. The van der Waals surface area contributed by atoms with Crippen LogP contribution in [0.25, 0.3) is 26.3 Å². The van der Waals surface area contributed by atoms with Crippen LogP contribution in [0.4, 0.5) is 0 Å². The van der Waals surface area contributed by atoms with Crippen molar-refractivity contribution in [3.05, 3.63) is 70.2 Å². The van der Waals surface area contributed by atoms with E-state index in [1.54, 1.807) is 25.3 Å². The van der Waals surface area contributed by atoms with E-state index in [4.69, 9.17) is 21.1 Å². The summed E-state index contributed by atoms with van der Waals surface area (Å²) in [6, 6.07) is 14.8. The van der Waals surface area contributed by atoms with Gasteiger partial charge in [-0.3, -0.25) is 14.3 Å². The van der Waals surface area contributed by atoms with Crippen LogP contribution in [0.1, 0.15) is 6.42 Å². The van der Waals surface area contributed by atoms with Gasteiger partial charge in [-0.05, 0) is 42.3 Å². The zero-order valence-electron chi connectivity index (χ0n) is 17.9. The van der Waals surface area contributed by atoms with Gasteiger partial charge in [0, 0.05) is 29.1 Å². The predicted molar refractivity (Wildman–Crippen MR) is 130 cm³/mol. The molecule has 1 aliphatic rings. The molecule has 5 rings (SSSR count). The van der Waals surface area contributed by atoms with Crippen molar-refractivity contribution in [3.63, 3.8) is 0 Å². The van der Waals surface area contributed by atoms with Gasteiger partial charge in [0.2, 0.25) is 0 Å². The lowest BCUT2D eigenvalue weighted by atomic mass is 10.2. The Kier molecular flexibility index (Phi) is 6.07. The number of halogens is 1. The first-order chi connectivity index (χ1) is 16.0. The number of hydrogen-bond donors (Lipinski definition) is 1. The summed E-state index contributed by atoms with van der Waals surface area (Å²) in [5.41, 5.74) is 2.14. The van der Waals surface area contributed by atoms with E-state index >= 15 is 0 Å². The Balaban J connectivity index is 1.43. The van der Waals surface area contributed by atoms with Gasteiger partial charge < -0.3 is 14.6 Å². The highest BCUT2D eigenvalue weighted by molar-refractivity contribution is 7.22. The van der Waals surface area contributed by atoms with Crippen LogP contribution in [-0.4, -0.2) is 52.6 Å². The highest BCUT2D eigenvalue weighted by Crippen LogP contribution is 2.33. The van der Waals surface area contributed by atoms with E-state index in [1.165, 1.54) is 22.2 Å². The summed E-state index contributed by atoms with van der Waals surface area (Å²) in [7, 11) is 1.56. The van der Waals surface area contributed by atoms with E-state index < -0.39 is 0 Å². The van der Waals surface area contributed by atoms with Crippen molar-refractivity contribution < 1.29 is 14.6 Å². The molecule has 170 valence electrons. The smallest absolute Gasteiger partial charge is 0.275 e. The average Bonchev–Trinajstić information content (AvgIpc) is 3.45. The Labute approximate surface area is 199 Å². The molecule has 1 fully saturated rings. The molecule has 0 aliphatic carbocycles. The molecule has 1 unspecified atom stereocenters. The number of likely N-dealkylation sites (tertiary alicyclic amines) is 1. The summed E-state index contributed by atoms with van der Waals surface area (Å²) in [4.78, 5) is 20.7. The third-order valence-corrected chi connectivity index (χ3v) is 7.06. The van der Waals surface area contributed by atoms with Crippen molar-refractivity contribution in [3.8, 4) is 27.6 Å². The van der Waals surface area contributed by atoms with Crippen LogP contribution in [0.15, 0.2) is 59.7 Å². The van der Waals surface area contributed by atoms with E-state index in [-0.39, 0.29) is 11.7 Å². The minimum Gasteiger partial charge on any atom is -0.493 e. The Bertz CT molecular complexity index is 1350. The van der Waals surface area contributed by atoms with Crippen molar-refractivity contribution >= 4 is 33.2 Å². The maximum atomic E-state index is 13.3. The number of ether oxygens (including phenoxy) is 2. The van der Waals surface area contributed by atoms with Crippen molar-refractivity contribution in [2.75, 3.05) is 26.9 Å². The van der Waals surface area contributed by atoms with E-state index in [0.717, 1.165) is 23.4 Å². The van der Waals surface area contributed by atoms with Crippen molar-refractivity contribution in [1.82, 2.24) is 14.5 Å². The van der Waals surface area contributed by atoms with Gasteiger partial charge in [0.15, 0.2) is 11.5 Å². The second-order valence-electron chi connectivity index (χ2n) is 7.88. The van der Waals surface area contributed by atoms with Gasteiger partial charge in [0.1, 0.15) is 17.8 Å². The van der Waals surface area contributed by atoms with Gasteiger partial charge in [0.05, 0.1) is 24.4 Å².